The van der Waals surface area contributed by atoms with E-state index in [1.807, 2.05) is 72.8 Å². The molecule has 39 heavy (non-hydrogen) atoms. The van der Waals surface area contributed by atoms with Crippen LogP contribution in [0.15, 0.2) is 72.8 Å². The van der Waals surface area contributed by atoms with Crippen LogP contribution in [-0.2, 0) is 36.9 Å². The molecule has 0 heterocycles. The first-order valence-electron chi connectivity index (χ1n) is 12.7. The molecular formula is C31H35NO7. The van der Waals surface area contributed by atoms with Crippen LogP contribution in [0.3, 0.4) is 0 Å². The van der Waals surface area contributed by atoms with Gasteiger partial charge in [-0.1, -0.05) is 54.6 Å². The molecule has 0 aliphatic heterocycles. The Morgan fingerprint density at radius 2 is 1.46 bits per heavy atom. The number of primary amides is 1. The fraction of sp³-hybridized carbons (Fsp3) is 0.323. The van der Waals surface area contributed by atoms with Crippen LogP contribution < -0.4 is 15.2 Å². The quantitative estimate of drug-likeness (QED) is 0.294. The molecule has 0 unspecified atom stereocenters. The first-order valence-corrected chi connectivity index (χ1v) is 12.7. The van der Waals surface area contributed by atoms with E-state index in [-0.39, 0.29) is 19.6 Å². The third kappa shape index (κ3) is 9.17. The van der Waals surface area contributed by atoms with Gasteiger partial charge in [-0.2, -0.15) is 0 Å². The average molecular weight is 534 g/mol. The number of methoxy groups -OCH3 is 1. The van der Waals surface area contributed by atoms with Crippen molar-refractivity contribution >= 4 is 17.8 Å². The number of carbonyl (C=O) groups excluding carboxylic acids is 3. The van der Waals surface area contributed by atoms with Gasteiger partial charge in [-0.3, -0.25) is 14.4 Å². The lowest BCUT2D eigenvalue weighted by Gasteiger charge is -2.31. The average Bonchev–Trinajstić information content (AvgIpc) is 2.93. The largest absolute Gasteiger partial charge is 0.496 e. The predicted octanol–water partition coefficient (Wildman–Crippen LogP) is 4.86. The molecular weight excluding hydrogens is 498 g/mol. The van der Waals surface area contributed by atoms with E-state index in [4.69, 9.17) is 24.7 Å². The summed E-state index contributed by atoms with van der Waals surface area (Å²) in [7, 11) is 1.62. The summed E-state index contributed by atoms with van der Waals surface area (Å²) >= 11 is 0. The lowest BCUT2D eigenvalue weighted by atomic mass is 9.80. The van der Waals surface area contributed by atoms with E-state index in [1.54, 1.807) is 7.11 Å². The molecule has 0 fully saturated rings. The fourth-order valence-corrected chi connectivity index (χ4v) is 4.26. The van der Waals surface area contributed by atoms with Gasteiger partial charge in [0.1, 0.15) is 31.3 Å². The number of rotatable bonds is 14. The fourth-order valence-electron chi connectivity index (χ4n) is 4.26. The van der Waals surface area contributed by atoms with Gasteiger partial charge in [0.2, 0.25) is 5.91 Å². The molecule has 0 saturated carbocycles. The normalized spacial score (nSPS) is 10.9. The standard InChI is InChI=1S/C31H35NO7/c1-22(33)38-20-31(18-30(32)35,21-39-23(2)34)16-15-24-9-11-26(12-10-24)28-14-13-27(17-29(28)36-3)37-19-25-7-5-4-6-8-25/h4-14,17H,15-16,18-21H2,1-3H3,(H2,32,35). The molecule has 8 heteroatoms. The van der Waals surface area contributed by atoms with Gasteiger partial charge in [0.15, 0.2) is 0 Å². The number of benzene rings is 3. The molecule has 0 aliphatic rings. The van der Waals surface area contributed by atoms with E-state index in [9.17, 15) is 14.4 Å². The van der Waals surface area contributed by atoms with Crippen LogP contribution in [0.25, 0.3) is 11.1 Å². The number of carbonyl (C=O) groups is 3. The highest BCUT2D eigenvalue weighted by atomic mass is 16.5. The SMILES string of the molecule is COc1cc(OCc2ccccc2)ccc1-c1ccc(CCC(COC(C)=O)(COC(C)=O)CC(N)=O)cc1. The van der Waals surface area contributed by atoms with Crippen molar-refractivity contribution in [1.82, 2.24) is 0 Å². The van der Waals surface area contributed by atoms with Crippen LogP contribution in [0.4, 0.5) is 0 Å². The molecule has 2 N–H and O–H groups in total. The van der Waals surface area contributed by atoms with Crippen molar-refractivity contribution in [2.45, 2.75) is 39.7 Å². The zero-order valence-corrected chi connectivity index (χ0v) is 22.6. The Bertz CT molecular complexity index is 1240. The van der Waals surface area contributed by atoms with Gasteiger partial charge in [0.05, 0.1) is 7.11 Å². The van der Waals surface area contributed by atoms with Crippen molar-refractivity contribution in [3.05, 3.63) is 83.9 Å². The number of hydrogen-bond donors (Lipinski definition) is 1. The summed E-state index contributed by atoms with van der Waals surface area (Å²) in [5.41, 5.74) is 8.54. The smallest absolute Gasteiger partial charge is 0.302 e. The third-order valence-electron chi connectivity index (χ3n) is 6.34. The Morgan fingerprint density at radius 1 is 0.821 bits per heavy atom. The van der Waals surface area contributed by atoms with Crippen LogP contribution >= 0.6 is 0 Å². The molecule has 0 aliphatic carbocycles. The number of amides is 1. The van der Waals surface area contributed by atoms with Crippen molar-refractivity contribution in [3.8, 4) is 22.6 Å². The highest BCUT2D eigenvalue weighted by molar-refractivity contribution is 5.75. The van der Waals surface area contributed by atoms with E-state index in [2.05, 4.69) is 0 Å². The maximum Gasteiger partial charge on any atom is 0.302 e. The summed E-state index contributed by atoms with van der Waals surface area (Å²) in [6, 6.07) is 23.6. The number of ether oxygens (including phenoxy) is 4. The molecule has 8 nitrogen and oxygen atoms in total. The minimum Gasteiger partial charge on any atom is -0.496 e. The van der Waals surface area contributed by atoms with Gasteiger partial charge >= 0.3 is 11.9 Å². The highest BCUT2D eigenvalue weighted by Gasteiger charge is 2.35. The summed E-state index contributed by atoms with van der Waals surface area (Å²) in [5.74, 6) is -0.130. The molecule has 0 aromatic heterocycles. The minimum atomic E-state index is -0.916. The summed E-state index contributed by atoms with van der Waals surface area (Å²) in [4.78, 5) is 34.8. The molecule has 0 spiro atoms. The number of esters is 2. The molecule has 3 rings (SSSR count). The van der Waals surface area contributed by atoms with Crippen molar-refractivity contribution in [1.29, 1.82) is 0 Å². The van der Waals surface area contributed by atoms with Gasteiger partial charge in [-0.05, 0) is 41.7 Å². The molecule has 3 aromatic rings. The summed E-state index contributed by atoms with van der Waals surface area (Å²) in [6.07, 6.45) is 0.896. The van der Waals surface area contributed by atoms with Gasteiger partial charge < -0.3 is 24.7 Å². The predicted molar refractivity (Wildman–Crippen MR) is 147 cm³/mol. The molecule has 0 saturated heterocycles. The minimum absolute atomic E-state index is 0.0769. The van der Waals surface area contributed by atoms with Crippen LogP contribution in [0, 0.1) is 5.41 Å². The Balaban J connectivity index is 1.72. The maximum atomic E-state index is 11.8. The second-order valence-electron chi connectivity index (χ2n) is 9.54. The van der Waals surface area contributed by atoms with Crippen molar-refractivity contribution in [2.75, 3.05) is 20.3 Å². The van der Waals surface area contributed by atoms with Crippen molar-refractivity contribution in [2.24, 2.45) is 11.1 Å². The second-order valence-corrected chi connectivity index (χ2v) is 9.54. The van der Waals surface area contributed by atoms with Gasteiger partial charge in [0.25, 0.3) is 0 Å². The number of aryl methyl sites for hydroxylation is 1. The Hall–Kier alpha value is -4.33. The first kappa shape index (κ1) is 29.2. The Morgan fingerprint density at radius 3 is 2.03 bits per heavy atom. The van der Waals surface area contributed by atoms with Gasteiger partial charge in [0, 0.05) is 37.3 Å². The van der Waals surface area contributed by atoms with E-state index in [1.165, 1.54) is 13.8 Å². The third-order valence-corrected chi connectivity index (χ3v) is 6.34. The van der Waals surface area contributed by atoms with E-state index < -0.39 is 23.3 Å². The Kier molecular flexibility index (Phi) is 10.5. The van der Waals surface area contributed by atoms with Crippen LogP contribution in [0.5, 0.6) is 11.5 Å². The summed E-state index contributed by atoms with van der Waals surface area (Å²) in [6.45, 7) is 2.88. The molecule has 1 amide bonds. The van der Waals surface area contributed by atoms with Gasteiger partial charge in [-0.15, -0.1) is 0 Å². The summed E-state index contributed by atoms with van der Waals surface area (Å²) in [5, 5.41) is 0. The van der Waals surface area contributed by atoms with Crippen molar-refractivity contribution in [3.63, 3.8) is 0 Å². The van der Waals surface area contributed by atoms with Crippen molar-refractivity contribution < 1.29 is 33.3 Å². The lowest BCUT2D eigenvalue weighted by Crippen LogP contribution is -2.38. The topological polar surface area (TPSA) is 114 Å². The number of nitrogens with two attached hydrogens (primary N) is 1. The van der Waals surface area contributed by atoms with Crippen LogP contribution in [0.1, 0.15) is 37.8 Å². The molecule has 206 valence electrons. The van der Waals surface area contributed by atoms with Crippen LogP contribution in [-0.4, -0.2) is 38.2 Å². The molecule has 0 bridgehead atoms. The first-order chi connectivity index (χ1) is 18.7. The van der Waals surface area contributed by atoms with Crippen LogP contribution in [0.2, 0.25) is 0 Å². The highest BCUT2D eigenvalue weighted by Crippen LogP contribution is 2.35. The molecule has 0 atom stereocenters. The maximum absolute atomic E-state index is 11.8. The van der Waals surface area contributed by atoms with E-state index in [0.717, 1.165) is 22.3 Å². The molecule has 0 radical (unpaired) electrons. The van der Waals surface area contributed by atoms with E-state index >= 15 is 0 Å². The Labute approximate surface area is 229 Å². The number of hydrogen-bond acceptors (Lipinski definition) is 7. The lowest BCUT2D eigenvalue weighted by molar-refractivity contribution is -0.154. The monoisotopic (exact) mass is 533 g/mol. The zero-order chi connectivity index (χ0) is 28.3. The zero-order valence-electron chi connectivity index (χ0n) is 22.6. The second kappa shape index (κ2) is 14.0. The van der Waals surface area contributed by atoms with E-state index in [0.29, 0.717) is 30.9 Å². The van der Waals surface area contributed by atoms with Gasteiger partial charge in [-0.25, -0.2) is 0 Å². The molecule has 3 aromatic carbocycles. The summed E-state index contributed by atoms with van der Waals surface area (Å²) < 4.78 is 22.0.